The molecule has 0 saturated carbocycles. The van der Waals surface area contributed by atoms with Gasteiger partial charge in [0.1, 0.15) is 34.8 Å². The van der Waals surface area contributed by atoms with Gasteiger partial charge in [0, 0.05) is 0 Å². The van der Waals surface area contributed by atoms with Crippen molar-refractivity contribution in [1.29, 1.82) is 0 Å². The number of fused-ring (bicyclic) bond motifs is 1. The van der Waals surface area contributed by atoms with Crippen LogP contribution in [0.25, 0.3) is 11.0 Å². The van der Waals surface area contributed by atoms with E-state index in [0.717, 1.165) is 5.56 Å². The van der Waals surface area contributed by atoms with E-state index in [0.29, 0.717) is 11.3 Å². The molecule has 3 rings (SSSR count). The summed E-state index contributed by atoms with van der Waals surface area (Å²) in [6, 6.07) is 12.0. The van der Waals surface area contributed by atoms with Crippen LogP contribution in [-0.2, 0) is 16.1 Å². The van der Waals surface area contributed by atoms with Crippen molar-refractivity contribution in [3.05, 3.63) is 64.9 Å². The number of benzene rings is 2. The molecule has 0 radical (unpaired) electrons. The maximum Gasteiger partial charge on any atom is 0.343 e. The van der Waals surface area contributed by atoms with Crippen LogP contribution in [0, 0.1) is 6.92 Å². The zero-order chi connectivity index (χ0) is 18.0. The van der Waals surface area contributed by atoms with Crippen LogP contribution >= 0.6 is 0 Å². The number of carbonyl (C=O) groups excluding carboxylic acids is 2. The number of phenolic OH excluding ortho intramolecular Hbond substituents is 1. The minimum Gasteiger partial charge on any atom is -0.507 e. The van der Waals surface area contributed by atoms with Gasteiger partial charge in [0.05, 0.1) is 12.5 Å². The summed E-state index contributed by atoms with van der Waals surface area (Å²) in [5.74, 6) is -1.40. The van der Waals surface area contributed by atoms with Crippen LogP contribution < -0.4 is 0 Å². The summed E-state index contributed by atoms with van der Waals surface area (Å²) < 4.78 is 15.6. The molecule has 0 aliphatic heterocycles. The highest BCUT2D eigenvalue weighted by molar-refractivity contribution is 6.14. The van der Waals surface area contributed by atoms with Crippen molar-refractivity contribution in [2.24, 2.45) is 0 Å². The fraction of sp³-hybridized carbons (Fsp3) is 0.158. The van der Waals surface area contributed by atoms with Gasteiger partial charge >= 0.3 is 11.9 Å². The first-order chi connectivity index (χ1) is 12.0. The van der Waals surface area contributed by atoms with Gasteiger partial charge in [-0.1, -0.05) is 30.3 Å². The Morgan fingerprint density at radius 3 is 2.44 bits per heavy atom. The van der Waals surface area contributed by atoms with Crippen molar-refractivity contribution in [3.63, 3.8) is 0 Å². The molecule has 6 heteroatoms. The zero-order valence-electron chi connectivity index (χ0n) is 13.7. The van der Waals surface area contributed by atoms with Gasteiger partial charge in [-0.05, 0) is 24.6 Å². The quantitative estimate of drug-likeness (QED) is 0.731. The van der Waals surface area contributed by atoms with E-state index in [1.54, 1.807) is 6.92 Å². The van der Waals surface area contributed by atoms with E-state index in [1.165, 1.54) is 19.2 Å². The predicted molar refractivity (Wildman–Crippen MR) is 89.5 cm³/mol. The van der Waals surface area contributed by atoms with Gasteiger partial charge in [0.15, 0.2) is 0 Å². The highest BCUT2D eigenvalue weighted by atomic mass is 16.5. The number of furan rings is 1. The summed E-state index contributed by atoms with van der Waals surface area (Å²) in [5, 5.41) is 10.4. The van der Waals surface area contributed by atoms with E-state index in [4.69, 9.17) is 13.9 Å². The monoisotopic (exact) mass is 340 g/mol. The molecular formula is C19H16O6. The number of ether oxygens (including phenoxy) is 2. The SMILES string of the molecule is COC(=O)c1c(C)oc2ccc(O)c(C(=O)OCc3ccccc3)c12. The van der Waals surface area contributed by atoms with Gasteiger partial charge in [-0.25, -0.2) is 9.59 Å². The fourth-order valence-corrected chi connectivity index (χ4v) is 2.65. The molecule has 0 aliphatic rings. The third-order valence-electron chi connectivity index (χ3n) is 3.82. The van der Waals surface area contributed by atoms with Gasteiger partial charge in [0.25, 0.3) is 0 Å². The van der Waals surface area contributed by atoms with Crippen LogP contribution in [0.3, 0.4) is 0 Å². The van der Waals surface area contributed by atoms with E-state index in [2.05, 4.69) is 0 Å². The molecule has 0 atom stereocenters. The molecule has 0 amide bonds. The first kappa shape index (κ1) is 16.6. The topological polar surface area (TPSA) is 86.0 Å². The number of aromatic hydroxyl groups is 1. The van der Waals surface area contributed by atoms with Crippen LogP contribution in [-0.4, -0.2) is 24.2 Å². The smallest absolute Gasteiger partial charge is 0.343 e. The minimum atomic E-state index is -0.752. The van der Waals surface area contributed by atoms with E-state index in [-0.39, 0.29) is 28.9 Å². The molecule has 0 bridgehead atoms. The molecular weight excluding hydrogens is 324 g/mol. The summed E-state index contributed by atoms with van der Waals surface area (Å²) in [5.41, 5.74) is 1.08. The average molecular weight is 340 g/mol. The lowest BCUT2D eigenvalue weighted by atomic mass is 10.0. The van der Waals surface area contributed by atoms with E-state index < -0.39 is 11.9 Å². The number of rotatable bonds is 4. The second-order valence-electron chi connectivity index (χ2n) is 5.42. The summed E-state index contributed by atoms with van der Waals surface area (Å²) in [4.78, 5) is 24.6. The Balaban J connectivity index is 2.03. The number of esters is 2. The van der Waals surface area contributed by atoms with Crippen molar-refractivity contribution in [3.8, 4) is 5.75 Å². The molecule has 6 nitrogen and oxygen atoms in total. The molecule has 0 fully saturated rings. The molecule has 1 N–H and O–H groups in total. The van der Waals surface area contributed by atoms with Gasteiger partial charge in [-0.2, -0.15) is 0 Å². The second-order valence-corrected chi connectivity index (χ2v) is 5.42. The number of methoxy groups -OCH3 is 1. The molecule has 2 aromatic carbocycles. The Bertz CT molecular complexity index is 939. The van der Waals surface area contributed by atoms with Gasteiger partial charge in [-0.15, -0.1) is 0 Å². The highest BCUT2D eigenvalue weighted by Gasteiger charge is 2.27. The van der Waals surface area contributed by atoms with Crippen molar-refractivity contribution >= 4 is 22.9 Å². The standard InChI is InChI=1S/C19H16O6/c1-11-15(18(21)23-2)17-14(25-11)9-8-13(20)16(17)19(22)24-10-12-6-4-3-5-7-12/h3-9,20H,10H2,1-2H3. The third kappa shape index (κ3) is 3.06. The molecule has 0 spiro atoms. The molecule has 128 valence electrons. The Morgan fingerprint density at radius 1 is 1.04 bits per heavy atom. The fourth-order valence-electron chi connectivity index (χ4n) is 2.65. The Kier molecular flexibility index (Phi) is 4.43. The van der Waals surface area contributed by atoms with Crippen LogP contribution in [0.5, 0.6) is 5.75 Å². The maximum atomic E-state index is 12.5. The van der Waals surface area contributed by atoms with Crippen molar-refractivity contribution in [2.45, 2.75) is 13.5 Å². The first-order valence-electron chi connectivity index (χ1n) is 7.57. The normalized spacial score (nSPS) is 10.6. The lowest BCUT2D eigenvalue weighted by Crippen LogP contribution is -2.09. The van der Waals surface area contributed by atoms with Crippen molar-refractivity contribution < 1.29 is 28.6 Å². The summed E-state index contributed by atoms with van der Waals surface area (Å²) in [6.07, 6.45) is 0. The van der Waals surface area contributed by atoms with Crippen molar-refractivity contribution in [1.82, 2.24) is 0 Å². The van der Waals surface area contributed by atoms with E-state index in [1.807, 2.05) is 30.3 Å². The lowest BCUT2D eigenvalue weighted by molar-refractivity contribution is 0.0472. The zero-order valence-corrected chi connectivity index (χ0v) is 13.7. The number of hydrogen-bond donors (Lipinski definition) is 1. The van der Waals surface area contributed by atoms with Crippen LogP contribution in [0.4, 0.5) is 0 Å². The Labute approximate surface area is 143 Å². The average Bonchev–Trinajstić information content (AvgIpc) is 2.95. The number of hydrogen-bond acceptors (Lipinski definition) is 6. The molecule has 0 aliphatic carbocycles. The van der Waals surface area contributed by atoms with Gasteiger partial charge < -0.3 is 19.0 Å². The summed E-state index contributed by atoms with van der Waals surface area (Å²) in [6.45, 7) is 1.63. The molecule has 0 saturated heterocycles. The molecule has 1 aromatic heterocycles. The number of carbonyl (C=O) groups is 2. The van der Waals surface area contributed by atoms with E-state index in [9.17, 15) is 14.7 Å². The molecule has 0 unspecified atom stereocenters. The summed E-state index contributed by atoms with van der Waals surface area (Å²) in [7, 11) is 1.23. The van der Waals surface area contributed by atoms with Crippen LogP contribution in [0.15, 0.2) is 46.9 Å². The van der Waals surface area contributed by atoms with Gasteiger partial charge in [0.2, 0.25) is 0 Å². The highest BCUT2D eigenvalue weighted by Crippen LogP contribution is 2.34. The number of phenols is 1. The lowest BCUT2D eigenvalue weighted by Gasteiger charge is -2.08. The molecule has 25 heavy (non-hydrogen) atoms. The second kappa shape index (κ2) is 6.68. The summed E-state index contributed by atoms with van der Waals surface area (Å²) >= 11 is 0. The minimum absolute atomic E-state index is 0.0416. The van der Waals surface area contributed by atoms with Gasteiger partial charge in [-0.3, -0.25) is 0 Å². The van der Waals surface area contributed by atoms with Crippen LogP contribution in [0.2, 0.25) is 0 Å². The third-order valence-corrected chi connectivity index (χ3v) is 3.82. The first-order valence-corrected chi connectivity index (χ1v) is 7.57. The molecule has 3 aromatic rings. The number of aryl methyl sites for hydroxylation is 1. The Hall–Kier alpha value is -3.28. The molecule has 1 heterocycles. The van der Waals surface area contributed by atoms with Crippen LogP contribution in [0.1, 0.15) is 32.0 Å². The maximum absolute atomic E-state index is 12.5. The van der Waals surface area contributed by atoms with Crippen molar-refractivity contribution in [2.75, 3.05) is 7.11 Å². The predicted octanol–water partition coefficient (Wildman–Crippen LogP) is 3.59. The largest absolute Gasteiger partial charge is 0.507 e. The van der Waals surface area contributed by atoms with E-state index >= 15 is 0 Å². The Morgan fingerprint density at radius 2 is 1.76 bits per heavy atom.